The quantitative estimate of drug-likeness (QED) is 0.909. The van der Waals surface area contributed by atoms with Crippen LogP contribution in [0.15, 0.2) is 48.5 Å². The Morgan fingerprint density at radius 1 is 1.25 bits per heavy atom. The highest BCUT2D eigenvalue weighted by atomic mass is 35.5. The maximum absolute atomic E-state index is 12.4. The minimum Gasteiger partial charge on any atom is -0.486 e. The molecular formula is C18H19ClN2O3. The van der Waals surface area contributed by atoms with E-state index in [4.69, 9.17) is 21.1 Å². The van der Waals surface area contributed by atoms with Crippen molar-refractivity contribution in [2.45, 2.75) is 13.0 Å². The minimum absolute atomic E-state index is 0.192. The van der Waals surface area contributed by atoms with Crippen LogP contribution >= 0.6 is 11.6 Å². The number of anilines is 1. The van der Waals surface area contributed by atoms with E-state index in [1.807, 2.05) is 31.2 Å². The number of halogens is 1. The van der Waals surface area contributed by atoms with Crippen molar-refractivity contribution in [1.29, 1.82) is 0 Å². The number of carbonyl (C=O) groups excluding carboxylic acids is 1. The monoisotopic (exact) mass is 346 g/mol. The van der Waals surface area contributed by atoms with E-state index < -0.39 is 0 Å². The molecule has 0 saturated heterocycles. The Morgan fingerprint density at radius 2 is 2.04 bits per heavy atom. The number of benzene rings is 2. The molecule has 3 rings (SSSR count). The van der Waals surface area contributed by atoms with Crippen molar-refractivity contribution in [2.24, 2.45) is 0 Å². The second-order valence-electron chi connectivity index (χ2n) is 5.48. The lowest BCUT2D eigenvalue weighted by Crippen LogP contribution is -2.45. The van der Waals surface area contributed by atoms with Gasteiger partial charge in [-0.1, -0.05) is 29.8 Å². The largest absolute Gasteiger partial charge is 0.486 e. The van der Waals surface area contributed by atoms with Crippen molar-refractivity contribution >= 4 is 23.3 Å². The maximum atomic E-state index is 12.4. The van der Waals surface area contributed by atoms with Crippen LogP contribution in [-0.4, -0.2) is 36.7 Å². The highest BCUT2D eigenvalue weighted by molar-refractivity contribution is 6.30. The van der Waals surface area contributed by atoms with E-state index in [9.17, 15) is 4.79 Å². The number of nitrogens with one attached hydrogen (secondary N) is 1. The molecule has 5 nitrogen and oxygen atoms in total. The first-order chi connectivity index (χ1) is 11.7. The van der Waals surface area contributed by atoms with Crippen LogP contribution in [0, 0.1) is 0 Å². The third-order valence-corrected chi connectivity index (χ3v) is 3.97. The number of urea groups is 1. The van der Waals surface area contributed by atoms with Gasteiger partial charge in [-0.25, -0.2) is 4.79 Å². The first-order valence-electron chi connectivity index (χ1n) is 7.85. The second kappa shape index (κ2) is 7.45. The van der Waals surface area contributed by atoms with Gasteiger partial charge >= 0.3 is 6.03 Å². The molecule has 0 fully saturated rings. The summed E-state index contributed by atoms with van der Waals surface area (Å²) in [6.07, 6.45) is -0.204. The molecule has 1 atom stereocenters. The van der Waals surface area contributed by atoms with Gasteiger partial charge < -0.3 is 19.7 Å². The number of rotatable bonds is 4. The first-order valence-corrected chi connectivity index (χ1v) is 8.23. The van der Waals surface area contributed by atoms with Gasteiger partial charge in [-0.2, -0.15) is 0 Å². The molecule has 0 radical (unpaired) electrons. The maximum Gasteiger partial charge on any atom is 0.321 e. The van der Waals surface area contributed by atoms with Gasteiger partial charge in [0.05, 0.1) is 6.54 Å². The zero-order valence-electron chi connectivity index (χ0n) is 13.4. The zero-order valence-corrected chi connectivity index (χ0v) is 14.1. The van der Waals surface area contributed by atoms with Crippen molar-refractivity contribution in [1.82, 2.24) is 4.90 Å². The van der Waals surface area contributed by atoms with Crippen LogP contribution in [0.3, 0.4) is 0 Å². The average molecular weight is 347 g/mol. The number of para-hydroxylation sites is 2. The summed E-state index contributed by atoms with van der Waals surface area (Å²) >= 11 is 5.94. The molecule has 0 spiro atoms. The summed E-state index contributed by atoms with van der Waals surface area (Å²) < 4.78 is 11.6. The number of likely N-dealkylation sites (N-methyl/N-ethyl adjacent to an activating group) is 1. The molecule has 0 bridgehead atoms. The number of fused-ring (bicyclic) bond motifs is 1. The third-order valence-electron chi connectivity index (χ3n) is 3.74. The number of nitrogens with zero attached hydrogens (tertiary/aromatic N) is 1. The van der Waals surface area contributed by atoms with Crippen LogP contribution in [0.25, 0.3) is 0 Å². The summed E-state index contributed by atoms with van der Waals surface area (Å²) in [6.45, 7) is 3.35. The van der Waals surface area contributed by atoms with E-state index >= 15 is 0 Å². The smallest absolute Gasteiger partial charge is 0.321 e. The molecule has 2 amide bonds. The van der Waals surface area contributed by atoms with Gasteiger partial charge in [0.2, 0.25) is 0 Å². The Hall–Kier alpha value is -2.40. The number of amides is 2. The molecule has 2 aromatic rings. The average Bonchev–Trinajstić information content (AvgIpc) is 2.59. The van der Waals surface area contributed by atoms with Gasteiger partial charge in [0.1, 0.15) is 6.61 Å². The summed E-state index contributed by atoms with van der Waals surface area (Å²) in [6, 6.07) is 14.4. The standard InChI is InChI=1S/C18H19ClN2O3/c1-2-21(18(22)20-14-7-5-6-13(19)10-14)11-15-12-23-16-8-3-4-9-17(16)24-15/h3-10,15H,2,11-12H2,1H3,(H,20,22). The molecule has 0 aliphatic carbocycles. The van der Waals surface area contributed by atoms with Crippen LogP contribution in [0.4, 0.5) is 10.5 Å². The Balaban J connectivity index is 1.61. The van der Waals surface area contributed by atoms with Gasteiger partial charge in [0.15, 0.2) is 17.6 Å². The lowest BCUT2D eigenvalue weighted by molar-refractivity contribution is 0.0693. The second-order valence-corrected chi connectivity index (χ2v) is 5.91. The third kappa shape index (κ3) is 3.92. The normalized spacial score (nSPS) is 15.7. The van der Waals surface area contributed by atoms with Crippen LogP contribution < -0.4 is 14.8 Å². The Bertz CT molecular complexity index is 723. The van der Waals surface area contributed by atoms with Crippen molar-refractivity contribution < 1.29 is 14.3 Å². The Morgan fingerprint density at radius 3 is 2.79 bits per heavy atom. The fourth-order valence-corrected chi connectivity index (χ4v) is 2.71. The van der Waals surface area contributed by atoms with Crippen molar-refractivity contribution in [3.05, 3.63) is 53.6 Å². The number of hydrogen-bond donors (Lipinski definition) is 1. The summed E-state index contributed by atoms with van der Waals surface area (Å²) in [5.41, 5.74) is 0.664. The summed E-state index contributed by atoms with van der Waals surface area (Å²) in [7, 11) is 0. The molecule has 1 aliphatic heterocycles. The van der Waals surface area contributed by atoms with Gasteiger partial charge in [0.25, 0.3) is 0 Å². The van der Waals surface area contributed by atoms with Gasteiger partial charge in [-0.3, -0.25) is 0 Å². The minimum atomic E-state index is -0.204. The molecule has 126 valence electrons. The van der Waals surface area contributed by atoms with Crippen LogP contribution in [0.5, 0.6) is 11.5 Å². The first kappa shape index (κ1) is 16.5. The van der Waals surface area contributed by atoms with E-state index in [0.29, 0.717) is 36.2 Å². The molecule has 1 aliphatic rings. The van der Waals surface area contributed by atoms with Crippen molar-refractivity contribution in [2.75, 3.05) is 25.0 Å². The predicted octanol–water partition coefficient (Wildman–Crippen LogP) is 4.03. The highest BCUT2D eigenvalue weighted by Crippen LogP contribution is 2.31. The highest BCUT2D eigenvalue weighted by Gasteiger charge is 2.24. The molecule has 1 unspecified atom stereocenters. The summed E-state index contributed by atoms with van der Waals surface area (Å²) in [5, 5.41) is 3.43. The predicted molar refractivity (Wildman–Crippen MR) is 94.1 cm³/mol. The Kier molecular flexibility index (Phi) is 5.11. The fourth-order valence-electron chi connectivity index (χ4n) is 2.52. The SMILES string of the molecule is CCN(CC1COc2ccccc2O1)C(=O)Nc1cccc(Cl)c1. The van der Waals surface area contributed by atoms with E-state index in [-0.39, 0.29) is 12.1 Å². The molecule has 24 heavy (non-hydrogen) atoms. The number of ether oxygens (including phenoxy) is 2. The number of hydrogen-bond acceptors (Lipinski definition) is 3. The molecule has 1 N–H and O–H groups in total. The molecule has 2 aromatic carbocycles. The number of carbonyl (C=O) groups is 1. The van der Waals surface area contributed by atoms with E-state index in [1.54, 1.807) is 29.2 Å². The van der Waals surface area contributed by atoms with Gasteiger partial charge in [-0.05, 0) is 37.3 Å². The van der Waals surface area contributed by atoms with Crippen LogP contribution in [0.1, 0.15) is 6.92 Å². The lowest BCUT2D eigenvalue weighted by Gasteiger charge is -2.30. The van der Waals surface area contributed by atoms with Crippen LogP contribution in [-0.2, 0) is 0 Å². The van der Waals surface area contributed by atoms with Gasteiger partial charge in [-0.15, -0.1) is 0 Å². The van der Waals surface area contributed by atoms with Crippen molar-refractivity contribution in [3.63, 3.8) is 0 Å². The van der Waals surface area contributed by atoms with Crippen LogP contribution in [0.2, 0.25) is 5.02 Å². The van der Waals surface area contributed by atoms with E-state index in [0.717, 1.165) is 5.75 Å². The molecular weight excluding hydrogens is 328 g/mol. The molecule has 0 aromatic heterocycles. The summed E-state index contributed by atoms with van der Waals surface area (Å²) in [4.78, 5) is 14.1. The lowest BCUT2D eigenvalue weighted by atomic mass is 10.2. The molecule has 0 saturated carbocycles. The Labute approximate surface area is 146 Å². The van der Waals surface area contributed by atoms with Crippen molar-refractivity contribution in [3.8, 4) is 11.5 Å². The fraction of sp³-hybridized carbons (Fsp3) is 0.278. The molecule has 6 heteroatoms. The van der Waals surface area contributed by atoms with Gasteiger partial charge in [0, 0.05) is 17.3 Å². The van der Waals surface area contributed by atoms with E-state index in [2.05, 4.69) is 5.32 Å². The molecule has 1 heterocycles. The topological polar surface area (TPSA) is 50.8 Å². The zero-order chi connectivity index (χ0) is 16.9. The summed E-state index contributed by atoms with van der Waals surface area (Å²) in [5.74, 6) is 1.44. The van der Waals surface area contributed by atoms with E-state index in [1.165, 1.54) is 0 Å².